The van der Waals surface area contributed by atoms with Crippen LogP contribution < -0.4 is 10.2 Å². The lowest BCUT2D eigenvalue weighted by molar-refractivity contribution is -0.140. The molecular weight excluding hydrogens is 460 g/mol. The van der Waals surface area contributed by atoms with E-state index in [0.29, 0.717) is 35.0 Å². The largest absolute Gasteiger partial charge is 0.508 e. The van der Waals surface area contributed by atoms with Crippen molar-refractivity contribution in [2.45, 2.75) is 26.2 Å². The maximum Gasteiger partial charge on any atom is 0.306 e. The standard InChI is InChI=1S/C29H28O7/c1-17(2)15-35-21-10-6-18(7-11-21)23(14-26(32)34-3)27-25(31)13-12-22-28(33)24(16-36-29(22)27)19-4-8-20(30)9-5-19/h4-13,16-17,23,30-31H,14-15H2,1-3H3/t23-/m1/s1. The zero-order chi connectivity index (χ0) is 25.8. The Morgan fingerprint density at radius 1 is 0.972 bits per heavy atom. The van der Waals surface area contributed by atoms with E-state index in [1.807, 2.05) is 24.3 Å². The Morgan fingerprint density at radius 3 is 2.31 bits per heavy atom. The molecule has 0 fully saturated rings. The van der Waals surface area contributed by atoms with Gasteiger partial charge in [-0.1, -0.05) is 38.1 Å². The van der Waals surface area contributed by atoms with Crippen LogP contribution in [0, 0.1) is 5.92 Å². The Morgan fingerprint density at radius 2 is 1.67 bits per heavy atom. The van der Waals surface area contributed by atoms with Gasteiger partial charge in [0.15, 0.2) is 0 Å². The summed E-state index contributed by atoms with van der Waals surface area (Å²) in [5.74, 6) is -0.0581. The number of carbonyl (C=O) groups excluding carboxylic acids is 1. The van der Waals surface area contributed by atoms with Crippen LogP contribution in [-0.2, 0) is 9.53 Å². The fourth-order valence-electron chi connectivity index (χ4n) is 4.08. The zero-order valence-electron chi connectivity index (χ0n) is 20.4. The van der Waals surface area contributed by atoms with Crippen molar-refractivity contribution in [3.8, 4) is 28.4 Å². The molecule has 0 aliphatic carbocycles. The predicted octanol–water partition coefficient (Wildman–Crippen LogP) is 5.60. The Labute approximate surface area is 208 Å². The molecule has 7 heteroatoms. The number of phenols is 2. The molecule has 0 radical (unpaired) electrons. The highest BCUT2D eigenvalue weighted by molar-refractivity contribution is 5.87. The van der Waals surface area contributed by atoms with E-state index in [9.17, 15) is 19.8 Å². The van der Waals surface area contributed by atoms with E-state index in [2.05, 4.69) is 13.8 Å². The van der Waals surface area contributed by atoms with Crippen molar-refractivity contribution in [1.82, 2.24) is 0 Å². The smallest absolute Gasteiger partial charge is 0.306 e. The third-order valence-electron chi connectivity index (χ3n) is 5.95. The summed E-state index contributed by atoms with van der Waals surface area (Å²) in [6, 6.07) is 16.4. The number of ether oxygens (including phenoxy) is 2. The van der Waals surface area contributed by atoms with Gasteiger partial charge in [-0.15, -0.1) is 0 Å². The van der Waals surface area contributed by atoms with Gasteiger partial charge in [0.2, 0.25) is 5.43 Å². The number of methoxy groups -OCH3 is 1. The van der Waals surface area contributed by atoms with Gasteiger partial charge >= 0.3 is 5.97 Å². The first-order chi connectivity index (χ1) is 17.3. The van der Waals surface area contributed by atoms with Crippen molar-refractivity contribution in [2.24, 2.45) is 5.92 Å². The second-order valence-electron chi connectivity index (χ2n) is 9.01. The van der Waals surface area contributed by atoms with Crippen LogP contribution in [-0.4, -0.2) is 29.9 Å². The van der Waals surface area contributed by atoms with Gasteiger partial charge in [0.25, 0.3) is 0 Å². The first kappa shape index (κ1) is 24.9. The summed E-state index contributed by atoms with van der Waals surface area (Å²) >= 11 is 0. The topological polar surface area (TPSA) is 106 Å². The van der Waals surface area contributed by atoms with Gasteiger partial charge in [-0.05, 0) is 53.4 Å². The van der Waals surface area contributed by atoms with Crippen LogP contribution in [0.3, 0.4) is 0 Å². The normalized spacial score (nSPS) is 12.0. The molecule has 0 saturated heterocycles. The van der Waals surface area contributed by atoms with Crippen molar-refractivity contribution in [3.05, 3.63) is 88.3 Å². The zero-order valence-corrected chi connectivity index (χ0v) is 20.4. The molecule has 0 aliphatic rings. The number of phenolic OH excluding ortho intramolecular Hbond substituents is 2. The molecule has 0 unspecified atom stereocenters. The van der Waals surface area contributed by atoms with Gasteiger partial charge in [-0.25, -0.2) is 0 Å². The van der Waals surface area contributed by atoms with Crippen molar-refractivity contribution in [3.63, 3.8) is 0 Å². The number of hydrogen-bond acceptors (Lipinski definition) is 7. The van der Waals surface area contributed by atoms with Crippen LogP contribution in [0.15, 0.2) is 76.1 Å². The molecule has 1 atom stereocenters. The molecular formula is C29H28O7. The van der Waals surface area contributed by atoms with Crippen molar-refractivity contribution < 1.29 is 28.9 Å². The third-order valence-corrected chi connectivity index (χ3v) is 5.95. The van der Waals surface area contributed by atoms with Crippen molar-refractivity contribution >= 4 is 16.9 Å². The summed E-state index contributed by atoms with van der Waals surface area (Å²) in [6.07, 6.45) is 1.26. The lowest BCUT2D eigenvalue weighted by Gasteiger charge is -2.20. The molecule has 0 amide bonds. The summed E-state index contributed by atoms with van der Waals surface area (Å²) in [5.41, 5.74) is 1.85. The van der Waals surface area contributed by atoms with Crippen molar-refractivity contribution in [2.75, 3.05) is 13.7 Å². The summed E-state index contributed by atoms with van der Waals surface area (Å²) in [5, 5.41) is 20.7. The van der Waals surface area contributed by atoms with E-state index in [0.717, 1.165) is 5.56 Å². The lowest BCUT2D eigenvalue weighted by Crippen LogP contribution is -2.13. The minimum absolute atomic E-state index is 0.0706. The first-order valence-corrected chi connectivity index (χ1v) is 11.6. The second kappa shape index (κ2) is 10.6. The molecule has 1 heterocycles. The Hall–Kier alpha value is -4.26. The molecule has 186 valence electrons. The van der Waals surface area contributed by atoms with E-state index >= 15 is 0 Å². The summed E-state index contributed by atoms with van der Waals surface area (Å²) < 4.78 is 16.6. The number of rotatable bonds is 8. The number of aromatic hydroxyl groups is 2. The van der Waals surface area contributed by atoms with Crippen LogP contribution in [0.2, 0.25) is 0 Å². The quantitative estimate of drug-likeness (QED) is 0.311. The monoisotopic (exact) mass is 488 g/mol. The minimum atomic E-state index is -0.636. The Kier molecular flexibility index (Phi) is 7.29. The summed E-state index contributed by atoms with van der Waals surface area (Å²) in [7, 11) is 1.30. The molecule has 0 saturated carbocycles. The number of fused-ring (bicyclic) bond motifs is 1. The summed E-state index contributed by atoms with van der Waals surface area (Å²) in [4.78, 5) is 25.7. The molecule has 0 bridgehead atoms. The van der Waals surface area contributed by atoms with Crippen LogP contribution in [0.25, 0.3) is 22.1 Å². The molecule has 36 heavy (non-hydrogen) atoms. The van der Waals surface area contributed by atoms with E-state index in [1.54, 1.807) is 12.1 Å². The number of hydrogen-bond donors (Lipinski definition) is 2. The van der Waals surface area contributed by atoms with Crippen LogP contribution in [0.5, 0.6) is 17.2 Å². The van der Waals surface area contributed by atoms with Gasteiger partial charge in [-0.2, -0.15) is 0 Å². The molecule has 2 N–H and O–H groups in total. The molecule has 4 rings (SSSR count). The van der Waals surface area contributed by atoms with Gasteiger partial charge < -0.3 is 24.1 Å². The van der Waals surface area contributed by atoms with Gasteiger partial charge in [-0.3, -0.25) is 9.59 Å². The number of benzene rings is 3. The fourth-order valence-corrected chi connectivity index (χ4v) is 4.08. The Bertz CT molecular complexity index is 1420. The van der Waals surface area contributed by atoms with E-state index < -0.39 is 11.9 Å². The molecule has 4 aromatic rings. The number of carbonyl (C=O) groups is 1. The first-order valence-electron chi connectivity index (χ1n) is 11.6. The van der Waals surface area contributed by atoms with Gasteiger partial charge in [0.1, 0.15) is 29.1 Å². The van der Waals surface area contributed by atoms with Crippen LogP contribution >= 0.6 is 0 Å². The number of esters is 1. The van der Waals surface area contributed by atoms with Gasteiger partial charge in [0.05, 0.1) is 31.1 Å². The molecule has 3 aromatic carbocycles. The maximum absolute atomic E-state index is 13.4. The SMILES string of the molecule is COC(=O)C[C@H](c1ccc(OCC(C)C)cc1)c1c(O)ccc2c(=O)c(-c3ccc(O)cc3)coc12. The van der Waals surface area contributed by atoms with Gasteiger partial charge in [0, 0.05) is 11.5 Å². The average Bonchev–Trinajstić information content (AvgIpc) is 2.87. The lowest BCUT2D eigenvalue weighted by atomic mass is 9.86. The van der Waals surface area contributed by atoms with Crippen LogP contribution in [0.4, 0.5) is 0 Å². The second-order valence-corrected chi connectivity index (χ2v) is 9.01. The molecule has 7 nitrogen and oxygen atoms in total. The summed E-state index contributed by atoms with van der Waals surface area (Å²) in [6.45, 7) is 4.69. The predicted molar refractivity (Wildman–Crippen MR) is 137 cm³/mol. The third kappa shape index (κ3) is 5.20. The highest BCUT2D eigenvalue weighted by Crippen LogP contribution is 2.39. The van der Waals surface area contributed by atoms with E-state index in [-0.39, 0.29) is 34.3 Å². The highest BCUT2D eigenvalue weighted by atomic mass is 16.5. The van der Waals surface area contributed by atoms with Crippen molar-refractivity contribution in [1.29, 1.82) is 0 Å². The molecule has 0 spiro atoms. The van der Waals surface area contributed by atoms with Crippen LogP contribution in [0.1, 0.15) is 37.3 Å². The maximum atomic E-state index is 13.4. The van der Waals surface area contributed by atoms with E-state index in [1.165, 1.54) is 37.6 Å². The average molecular weight is 489 g/mol. The molecule has 0 aliphatic heterocycles. The highest BCUT2D eigenvalue weighted by Gasteiger charge is 2.26. The fraction of sp³-hybridized carbons (Fsp3) is 0.241. The minimum Gasteiger partial charge on any atom is -0.508 e. The Balaban J connectivity index is 1.83. The van der Waals surface area contributed by atoms with E-state index in [4.69, 9.17) is 13.9 Å². The molecule has 1 aromatic heterocycles.